The van der Waals surface area contributed by atoms with E-state index in [-0.39, 0.29) is 17.5 Å². The first-order valence-corrected chi connectivity index (χ1v) is 9.18. The highest BCUT2D eigenvalue weighted by Crippen LogP contribution is 2.22. The highest BCUT2D eigenvalue weighted by Gasteiger charge is 2.24. The Labute approximate surface area is 163 Å². The summed E-state index contributed by atoms with van der Waals surface area (Å²) in [5.41, 5.74) is 2.36. The van der Waals surface area contributed by atoms with E-state index in [0.717, 1.165) is 24.2 Å². The first-order valence-electron chi connectivity index (χ1n) is 9.18. The van der Waals surface area contributed by atoms with E-state index >= 15 is 0 Å². The predicted octanol–water partition coefficient (Wildman–Crippen LogP) is 4.17. The Morgan fingerprint density at radius 1 is 1.21 bits per heavy atom. The van der Waals surface area contributed by atoms with Crippen molar-refractivity contribution in [1.82, 2.24) is 0 Å². The van der Waals surface area contributed by atoms with Crippen molar-refractivity contribution in [1.29, 1.82) is 0 Å². The number of carbonyl (C=O) groups is 2. The molecule has 0 aromatic heterocycles. The number of hydrogen-bond acceptors (Lipinski definition) is 5. The average molecular weight is 378 g/mol. The zero-order valence-corrected chi connectivity index (χ0v) is 15.9. The Morgan fingerprint density at radius 3 is 2.71 bits per heavy atom. The largest absolute Gasteiger partial charge is 0.494 e. The Morgan fingerprint density at radius 2 is 2.00 bits per heavy atom. The second kappa shape index (κ2) is 8.99. The number of benzene rings is 2. The van der Waals surface area contributed by atoms with Gasteiger partial charge in [-0.1, -0.05) is 25.5 Å². The molecule has 1 aliphatic rings. The van der Waals surface area contributed by atoms with Gasteiger partial charge in [0.15, 0.2) is 5.70 Å². The van der Waals surface area contributed by atoms with Gasteiger partial charge in [0.05, 0.1) is 6.61 Å². The molecular weight excluding hydrogens is 356 g/mol. The molecular formula is C22H22N2O4. The first-order chi connectivity index (χ1) is 13.5. The number of amides is 1. The van der Waals surface area contributed by atoms with Crippen LogP contribution < -0.4 is 10.1 Å². The summed E-state index contributed by atoms with van der Waals surface area (Å²) in [6, 6.07) is 14.4. The zero-order chi connectivity index (χ0) is 19.9. The van der Waals surface area contributed by atoms with E-state index in [1.807, 2.05) is 24.3 Å². The van der Waals surface area contributed by atoms with Gasteiger partial charge in [0.25, 0.3) is 0 Å². The lowest BCUT2D eigenvalue weighted by atomic mass is 10.2. The summed E-state index contributed by atoms with van der Waals surface area (Å²) in [5.74, 6) is 0.342. The topological polar surface area (TPSA) is 77.0 Å². The molecule has 28 heavy (non-hydrogen) atoms. The second-order valence-corrected chi connectivity index (χ2v) is 6.37. The number of aliphatic imine (C=N–C) groups is 1. The third-order valence-electron chi connectivity index (χ3n) is 4.00. The third-order valence-corrected chi connectivity index (χ3v) is 4.00. The Bertz CT molecular complexity index is 930. The Balaban J connectivity index is 1.76. The van der Waals surface area contributed by atoms with Crippen LogP contribution in [0.5, 0.6) is 5.75 Å². The first kappa shape index (κ1) is 19.4. The van der Waals surface area contributed by atoms with Gasteiger partial charge in [-0.3, -0.25) is 4.79 Å². The number of esters is 1. The normalized spacial score (nSPS) is 14.6. The van der Waals surface area contributed by atoms with E-state index in [0.29, 0.717) is 17.9 Å². The number of rotatable bonds is 7. The Kier molecular flexibility index (Phi) is 6.22. The van der Waals surface area contributed by atoms with Gasteiger partial charge in [-0.05, 0) is 54.5 Å². The van der Waals surface area contributed by atoms with Crippen molar-refractivity contribution < 1.29 is 19.1 Å². The van der Waals surface area contributed by atoms with Gasteiger partial charge >= 0.3 is 5.97 Å². The molecule has 0 saturated heterocycles. The van der Waals surface area contributed by atoms with Crippen molar-refractivity contribution >= 4 is 29.5 Å². The van der Waals surface area contributed by atoms with E-state index in [1.165, 1.54) is 6.92 Å². The standard InChI is InChI=1S/C22H22N2O4/c1-3-4-12-27-19-7-5-6-16(13-19)14-20-22(26)28-21(24-20)17-8-10-18(11-9-17)23-15(2)25/h5-11,13-14H,3-4,12H2,1-2H3,(H,23,25)/b20-14-. The van der Waals surface area contributed by atoms with Crippen LogP contribution in [0.2, 0.25) is 0 Å². The fourth-order valence-corrected chi connectivity index (χ4v) is 2.62. The van der Waals surface area contributed by atoms with Gasteiger partial charge in [-0.15, -0.1) is 0 Å². The van der Waals surface area contributed by atoms with Crippen LogP contribution in [0.15, 0.2) is 59.2 Å². The Hall–Kier alpha value is -3.41. The molecule has 0 unspecified atom stereocenters. The lowest BCUT2D eigenvalue weighted by Crippen LogP contribution is -2.07. The quantitative estimate of drug-likeness (QED) is 0.446. The molecule has 0 aliphatic carbocycles. The highest BCUT2D eigenvalue weighted by atomic mass is 16.6. The van der Waals surface area contributed by atoms with Crippen LogP contribution in [0.4, 0.5) is 5.69 Å². The number of ether oxygens (including phenoxy) is 2. The van der Waals surface area contributed by atoms with Crippen molar-refractivity contribution in [3.8, 4) is 5.75 Å². The van der Waals surface area contributed by atoms with Gasteiger partial charge in [-0.2, -0.15) is 0 Å². The van der Waals surface area contributed by atoms with Crippen LogP contribution in [-0.2, 0) is 14.3 Å². The maximum Gasteiger partial charge on any atom is 0.363 e. The van der Waals surface area contributed by atoms with Crippen molar-refractivity contribution in [2.24, 2.45) is 4.99 Å². The van der Waals surface area contributed by atoms with Crippen molar-refractivity contribution in [3.63, 3.8) is 0 Å². The number of nitrogens with one attached hydrogen (secondary N) is 1. The minimum atomic E-state index is -0.502. The summed E-state index contributed by atoms with van der Waals surface area (Å²) >= 11 is 0. The lowest BCUT2D eigenvalue weighted by molar-refractivity contribution is -0.129. The molecule has 144 valence electrons. The smallest absolute Gasteiger partial charge is 0.363 e. The van der Waals surface area contributed by atoms with E-state index in [2.05, 4.69) is 17.2 Å². The molecule has 1 amide bonds. The van der Waals surface area contributed by atoms with Crippen LogP contribution in [0.1, 0.15) is 37.8 Å². The van der Waals surface area contributed by atoms with Crippen molar-refractivity contribution in [3.05, 3.63) is 65.4 Å². The number of carbonyl (C=O) groups excluding carboxylic acids is 2. The number of cyclic esters (lactones) is 1. The third kappa shape index (κ3) is 5.07. The predicted molar refractivity (Wildman–Crippen MR) is 108 cm³/mol. The van der Waals surface area contributed by atoms with Crippen LogP contribution in [-0.4, -0.2) is 24.4 Å². The number of unbranched alkanes of at least 4 members (excludes halogenated alkanes) is 1. The van der Waals surface area contributed by atoms with Crippen LogP contribution >= 0.6 is 0 Å². The lowest BCUT2D eigenvalue weighted by Gasteiger charge is -2.05. The molecule has 2 aromatic rings. The van der Waals surface area contributed by atoms with Crippen molar-refractivity contribution in [2.75, 3.05) is 11.9 Å². The molecule has 1 heterocycles. The second-order valence-electron chi connectivity index (χ2n) is 6.37. The van der Waals surface area contributed by atoms with E-state index in [1.54, 1.807) is 30.3 Å². The van der Waals surface area contributed by atoms with Crippen molar-refractivity contribution in [2.45, 2.75) is 26.7 Å². The SMILES string of the molecule is CCCCOc1cccc(/C=C2\N=C(c3ccc(NC(C)=O)cc3)OC2=O)c1. The molecule has 6 heteroatoms. The van der Waals surface area contributed by atoms with Crippen LogP contribution in [0, 0.1) is 0 Å². The van der Waals surface area contributed by atoms with Gasteiger partial charge in [0, 0.05) is 18.2 Å². The summed E-state index contributed by atoms with van der Waals surface area (Å²) in [6.45, 7) is 4.21. The zero-order valence-electron chi connectivity index (χ0n) is 15.9. The molecule has 1 N–H and O–H groups in total. The van der Waals surface area contributed by atoms with Crippen LogP contribution in [0.3, 0.4) is 0 Å². The molecule has 0 bridgehead atoms. The van der Waals surface area contributed by atoms with E-state index in [9.17, 15) is 9.59 Å². The van der Waals surface area contributed by atoms with Crippen LogP contribution in [0.25, 0.3) is 6.08 Å². The minimum Gasteiger partial charge on any atom is -0.494 e. The summed E-state index contributed by atoms with van der Waals surface area (Å²) in [6.07, 6.45) is 3.73. The van der Waals surface area contributed by atoms with Gasteiger partial charge < -0.3 is 14.8 Å². The monoisotopic (exact) mass is 378 g/mol. The minimum absolute atomic E-state index is 0.150. The van der Waals surface area contributed by atoms with E-state index < -0.39 is 5.97 Å². The molecule has 0 fully saturated rings. The molecule has 6 nitrogen and oxygen atoms in total. The van der Waals surface area contributed by atoms with E-state index in [4.69, 9.17) is 9.47 Å². The molecule has 2 aromatic carbocycles. The number of nitrogens with zero attached hydrogens (tertiary/aromatic N) is 1. The maximum absolute atomic E-state index is 12.2. The molecule has 0 saturated carbocycles. The molecule has 1 aliphatic heterocycles. The van der Waals surface area contributed by atoms with Gasteiger partial charge in [-0.25, -0.2) is 9.79 Å². The fraction of sp³-hybridized carbons (Fsp3) is 0.227. The number of hydrogen-bond donors (Lipinski definition) is 1. The number of anilines is 1. The molecule has 0 spiro atoms. The summed E-state index contributed by atoms with van der Waals surface area (Å²) < 4.78 is 11.0. The summed E-state index contributed by atoms with van der Waals surface area (Å²) in [7, 11) is 0. The molecule has 0 radical (unpaired) electrons. The van der Waals surface area contributed by atoms with Gasteiger partial charge in [0.1, 0.15) is 5.75 Å². The molecule has 3 rings (SSSR count). The summed E-state index contributed by atoms with van der Waals surface area (Å²) in [5, 5.41) is 2.69. The van der Waals surface area contributed by atoms with Gasteiger partial charge in [0.2, 0.25) is 11.8 Å². The molecule has 0 atom stereocenters. The average Bonchev–Trinajstić information content (AvgIpc) is 3.03. The summed E-state index contributed by atoms with van der Waals surface area (Å²) in [4.78, 5) is 27.6. The maximum atomic E-state index is 12.2. The highest BCUT2D eigenvalue weighted by molar-refractivity contribution is 6.13. The fourth-order valence-electron chi connectivity index (χ4n) is 2.62.